The Bertz CT molecular complexity index is 1460. The van der Waals surface area contributed by atoms with Crippen molar-refractivity contribution in [2.75, 3.05) is 0 Å². The number of aromatic nitrogens is 4. The second-order valence-corrected chi connectivity index (χ2v) is 7.71. The number of aryl methyl sites for hydroxylation is 1. The summed E-state index contributed by atoms with van der Waals surface area (Å²) in [4.78, 5) is 35.3. The average Bonchev–Trinajstić information content (AvgIpc) is 3.39. The molecule has 2 aromatic heterocycles. The third kappa shape index (κ3) is 7.71. The molecule has 1 amide bonds. The van der Waals surface area contributed by atoms with Gasteiger partial charge < -0.3 is 15.3 Å². The van der Waals surface area contributed by atoms with E-state index in [9.17, 15) is 26.7 Å². The number of benzene rings is 1. The van der Waals surface area contributed by atoms with E-state index in [4.69, 9.17) is 20.0 Å². The fourth-order valence-corrected chi connectivity index (χ4v) is 3.02. The SMILES string of the molecule is Cc1nc(C(=O)NCc2ccc(F)c(F)c2)cc(C2=NOC(c3ccc(C#N)nn3)C2)n1.O=C(O)C(F)(F)F. The number of hydrogen-bond donors (Lipinski definition) is 2. The van der Waals surface area contributed by atoms with Crippen LogP contribution < -0.4 is 5.32 Å². The highest BCUT2D eigenvalue weighted by atomic mass is 19.4. The lowest BCUT2D eigenvalue weighted by Gasteiger charge is -2.08. The van der Waals surface area contributed by atoms with Crippen LogP contribution in [0.3, 0.4) is 0 Å². The van der Waals surface area contributed by atoms with E-state index in [1.54, 1.807) is 13.0 Å². The second kappa shape index (κ2) is 12.0. The molecule has 202 valence electrons. The number of halogens is 5. The minimum Gasteiger partial charge on any atom is -0.475 e. The number of alkyl halides is 3. The van der Waals surface area contributed by atoms with Gasteiger partial charge in [-0.1, -0.05) is 11.2 Å². The number of aliphatic carboxylic acids is 1. The van der Waals surface area contributed by atoms with Crippen LogP contribution in [-0.4, -0.2) is 49.0 Å². The van der Waals surface area contributed by atoms with Crippen LogP contribution in [-0.2, 0) is 16.2 Å². The standard InChI is InChI=1S/C21H15F2N7O2.C2HF3O2/c1-11-26-17(18-8-20(32-30-18)16-5-3-13(9-24)28-29-16)7-19(27-11)21(31)25-10-12-2-4-14(22)15(23)6-12;3-2(4,5)1(6)7/h2-7,20H,8,10H2,1H3,(H,25,31);(H,6,7). The summed E-state index contributed by atoms with van der Waals surface area (Å²) in [5.74, 6) is -4.86. The highest BCUT2D eigenvalue weighted by molar-refractivity contribution is 6.02. The molecule has 4 rings (SSSR count). The molecule has 3 aromatic rings. The Morgan fingerprint density at radius 1 is 1.13 bits per heavy atom. The van der Waals surface area contributed by atoms with Crippen molar-refractivity contribution in [3.8, 4) is 6.07 Å². The smallest absolute Gasteiger partial charge is 0.475 e. The minimum absolute atomic E-state index is 0.00207. The lowest BCUT2D eigenvalue weighted by Crippen LogP contribution is -2.25. The summed E-state index contributed by atoms with van der Waals surface area (Å²) in [6.07, 6.45) is -5.24. The number of carboxylic acids is 1. The molecule has 0 aliphatic carbocycles. The van der Waals surface area contributed by atoms with E-state index in [2.05, 4.69) is 30.6 Å². The summed E-state index contributed by atoms with van der Waals surface area (Å²) in [7, 11) is 0. The van der Waals surface area contributed by atoms with Crippen molar-refractivity contribution in [3.63, 3.8) is 0 Å². The number of nitrogens with zero attached hydrogens (tertiary/aromatic N) is 6. The normalized spacial score (nSPS) is 14.3. The second-order valence-electron chi connectivity index (χ2n) is 7.71. The van der Waals surface area contributed by atoms with Crippen LogP contribution in [0.4, 0.5) is 22.0 Å². The molecule has 0 saturated heterocycles. The minimum atomic E-state index is -5.08. The maximum absolute atomic E-state index is 13.3. The molecule has 39 heavy (non-hydrogen) atoms. The van der Waals surface area contributed by atoms with Gasteiger partial charge in [-0.2, -0.15) is 23.5 Å². The van der Waals surface area contributed by atoms with Crippen LogP contribution in [0, 0.1) is 29.9 Å². The van der Waals surface area contributed by atoms with Crippen LogP contribution in [0.25, 0.3) is 0 Å². The van der Waals surface area contributed by atoms with Crippen molar-refractivity contribution < 1.29 is 41.5 Å². The molecule has 1 atom stereocenters. The number of nitrogens with one attached hydrogen (secondary N) is 1. The quantitative estimate of drug-likeness (QED) is 0.455. The Kier molecular flexibility index (Phi) is 8.76. The zero-order valence-electron chi connectivity index (χ0n) is 19.7. The molecule has 1 aromatic carbocycles. The topological polar surface area (TPSA) is 163 Å². The Hall–Kier alpha value is -5.07. The predicted molar refractivity (Wildman–Crippen MR) is 120 cm³/mol. The first-order valence-corrected chi connectivity index (χ1v) is 10.7. The number of carboxylic acid groups (broad SMARTS) is 1. The van der Waals surface area contributed by atoms with Crippen molar-refractivity contribution in [1.29, 1.82) is 5.26 Å². The van der Waals surface area contributed by atoms with Crippen LogP contribution in [0.15, 0.2) is 41.6 Å². The number of oxime groups is 1. The molecule has 3 heterocycles. The Morgan fingerprint density at radius 3 is 2.44 bits per heavy atom. The van der Waals surface area contributed by atoms with Gasteiger partial charge in [0.1, 0.15) is 29.0 Å². The van der Waals surface area contributed by atoms with Gasteiger partial charge in [-0.3, -0.25) is 4.79 Å². The summed E-state index contributed by atoms with van der Waals surface area (Å²) >= 11 is 0. The number of carbonyl (C=O) groups is 2. The van der Waals surface area contributed by atoms with Crippen molar-refractivity contribution in [1.82, 2.24) is 25.5 Å². The molecule has 0 fully saturated rings. The van der Waals surface area contributed by atoms with E-state index >= 15 is 0 Å². The summed E-state index contributed by atoms with van der Waals surface area (Å²) in [5, 5.41) is 30.4. The average molecular weight is 549 g/mol. The number of rotatable bonds is 5. The van der Waals surface area contributed by atoms with E-state index in [1.165, 1.54) is 18.2 Å². The van der Waals surface area contributed by atoms with E-state index < -0.39 is 35.8 Å². The maximum atomic E-state index is 13.3. The monoisotopic (exact) mass is 549 g/mol. The van der Waals surface area contributed by atoms with Crippen LogP contribution in [0.1, 0.15) is 51.5 Å². The fourth-order valence-electron chi connectivity index (χ4n) is 3.02. The third-order valence-electron chi connectivity index (χ3n) is 4.84. The molecule has 1 aliphatic heterocycles. The van der Waals surface area contributed by atoms with Gasteiger partial charge in [-0.25, -0.2) is 23.5 Å². The number of nitriles is 1. The van der Waals surface area contributed by atoms with Gasteiger partial charge in [0.25, 0.3) is 5.91 Å². The summed E-state index contributed by atoms with van der Waals surface area (Å²) in [6, 6.07) is 9.94. The molecule has 16 heteroatoms. The zero-order chi connectivity index (χ0) is 28.7. The molecule has 0 saturated carbocycles. The highest BCUT2D eigenvalue weighted by Gasteiger charge is 2.38. The van der Waals surface area contributed by atoms with Crippen molar-refractivity contribution in [3.05, 3.63) is 82.2 Å². The molecular formula is C23H16F5N7O4. The van der Waals surface area contributed by atoms with Gasteiger partial charge in [0, 0.05) is 13.0 Å². The lowest BCUT2D eigenvalue weighted by molar-refractivity contribution is -0.192. The molecule has 0 radical (unpaired) electrons. The number of carbonyl (C=O) groups excluding carboxylic acids is 1. The molecule has 0 spiro atoms. The Labute approximate surface area is 216 Å². The molecule has 1 aliphatic rings. The first-order chi connectivity index (χ1) is 18.4. The van der Waals surface area contributed by atoms with E-state index in [-0.39, 0.29) is 17.9 Å². The maximum Gasteiger partial charge on any atom is 0.490 e. The Balaban J connectivity index is 0.000000532. The number of amides is 1. The van der Waals surface area contributed by atoms with Crippen molar-refractivity contribution in [2.45, 2.75) is 32.2 Å². The van der Waals surface area contributed by atoms with E-state index in [1.807, 2.05) is 6.07 Å². The first-order valence-electron chi connectivity index (χ1n) is 10.7. The lowest BCUT2D eigenvalue weighted by atomic mass is 10.1. The molecular weight excluding hydrogens is 533 g/mol. The molecule has 11 nitrogen and oxygen atoms in total. The van der Waals surface area contributed by atoms with Crippen LogP contribution in [0.2, 0.25) is 0 Å². The largest absolute Gasteiger partial charge is 0.490 e. The van der Waals surface area contributed by atoms with Gasteiger partial charge >= 0.3 is 12.1 Å². The van der Waals surface area contributed by atoms with Gasteiger partial charge in [0.2, 0.25) is 0 Å². The fraction of sp³-hybridized carbons (Fsp3) is 0.217. The van der Waals surface area contributed by atoms with Gasteiger partial charge in [-0.15, -0.1) is 5.10 Å². The summed E-state index contributed by atoms with van der Waals surface area (Å²) in [6.45, 7) is 1.63. The first kappa shape index (κ1) is 28.5. The van der Waals surface area contributed by atoms with Gasteiger partial charge in [0.15, 0.2) is 23.4 Å². The molecule has 2 N–H and O–H groups in total. The zero-order valence-corrected chi connectivity index (χ0v) is 19.7. The van der Waals surface area contributed by atoms with E-state index in [0.717, 1.165) is 12.1 Å². The van der Waals surface area contributed by atoms with Gasteiger partial charge in [-0.05, 0) is 42.8 Å². The Morgan fingerprint density at radius 2 is 1.85 bits per heavy atom. The summed E-state index contributed by atoms with van der Waals surface area (Å²) < 4.78 is 58.1. The molecule has 1 unspecified atom stereocenters. The third-order valence-corrected chi connectivity index (χ3v) is 4.84. The predicted octanol–water partition coefficient (Wildman–Crippen LogP) is 3.15. The van der Waals surface area contributed by atoms with Crippen LogP contribution in [0.5, 0.6) is 0 Å². The van der Waals surface area contributed by atoms with Gasteiger partial charge in [0.05, 0.1) is 5.69 Å². The number of hydrogen-bond acceptors (Lipinski definition) is 9. The van der Waals surface area contributed by atoms with E-state index in [0.29, 0.717) is 34.9 Å². The van der Waals surface area contributed by atoms with Crippen LogP contribution >= 0.6 is 0 Å². The summed E-state index contributed by atoms with van der Waals surface area (Å²) in [5.41, 5.74) is 2.12. The van der Waals surface area contributed by atoms with Crippen molar-refractivity contribution >= 4 is 17.6 Å². The highest BCUT2D eigenvalue weighted by Crippen LogP contribution is 2.27. The molecule has 0 bridgehead atoms. The van der Waals surface area contributed by atoms with Crippen molar-refractivity contribution in [2.24, 2.45) is 5.16 Å².